The monoisotopic (exact) mass is 127 g/mol. The van der Waals surface area contributed by atoms with Crippen LogP contribution in [0.25, 0.3) is 0 Å². The van der Waals surface area contributed by atoms with E-state index in [0.717, 1.165) is 13.0 Å². The van der Waals surface area contributed by atoms with Crippen LogP contribution in [0.4, 0.5) is 0 Å². The van der Waals surface area contributed by atoms with Crippen LogP contribution in [0.3, 0.4) is 0 Å². The molecule has 1 amide bonds. The second-order valence-corrected chi connectivity index (χ2v) is 1.87. The van der Waals surface area contributed by atoms with Gasteiger partial charge in [-0.05, 0) is 12.6 Å². The van der Waals surface area contributed by atoms with Gasteiger partial charge in [-0.15, -0.1) is 0 Å². The molecule has 0 aliphatic carbocycles. The third kappa shape index (κ3) is 1.54. The highest BCUT2D eigenvalue weighted by atomic mass is 16.2. The largest absolute Gasteiger partial charge is 0.320 e. The second-order valence-electron chi connectivity index (χ2n) is 1.87. The van der Waals surface area contributed by atoms with Gasteiger partial charge in [-0.25, -0.2) is 0 Å². The molecule has 1 fully saturated rings. The first-order valence-electron chi connectivity index (χ1n) is 2.76. The first-order valence-corrected chi connectivity index (χ1v) is 2.76. The van der Waals surface area contributed by atoms with Crippen molar-refractivity contribution in [3.05, 3.63) is 12.8 Å². The van der Waals surface area contributed by atoms with Crippen molar-refractivity contribution < 1.29 is 4.79 Å². The number of nitrogens with two attached hydrogens (primary N) is 1. The van der Waals surface area contributed by atoms with Gasteiger partial charge in [0.2, 0.25) is 5.91 Å². The molecular weight excluding hydrogens is 116 g/mol. The van der Waals surface area contributed by atoms with Gasteiger partial charge < -0.3 is 4.90 Å². The van der Waals surface area contributed by atoms with Crippen molar-refractivity contribution in [1.82, 2.24) is 11.1 Å². The van der Waals surface area contributed by atoms with Crippen LogP contribution in [-0.2, 0) is 4.79 Å². The van der Waals surface area contributed by atoms with Gasteiger partial charge in [0.15, 0.2) is 0 Å². The van der Waals surface area contributed by atoms with Crippen LogP contribution in [0, 0.1) is 0 Å². The van der Waals surface area contributed by atoms with E-state index in [1.807, 2.05) is 0 Å². The van der Waals surface area contributed by atoms with Crippen molar-refractivity contribution >= 4 is 5.91 Å². The molecule has 51 valence electrons. The molecule has 0 aromatic rings. The van der Waals surface area contributed by atoms with Crippen molar-refractivity contribution in [2.45, 2.75) is 12.8 Å². The summed E-state index contributed by atoms with van der Waals surface area (Å²) in [6, 6.07) is 0. The SMILES string of the molecule is C=CN1CCCC1=O.[NH2]. The van der Waals surface area contributed by atoms with E-state index < -0.39 is 0 Å². The summed E-state index contributed by atoms with van der Waals surface area (Å²) in [5.41, 5.74) is 0. The summed E-state index contributed by atoms with van der Waals surface area (Å²) in [4.78, 5) is 12.3. The molecule has 2 N–H and O–H groups in total. The molecule has 1 saturated heterocycles. The lowest BCUT2D eigenvalue weighted by molar-refractivity contribution is -0.125. The Kier molecular flexibility index (Phi) is 2.95. The third-order valence-corrected chi connectivity index (χ3v) is 1.33. The predicted octanol–water partition coefficient (Wildman–Crippen LogP) is 0.700. The number of likely N-dealkylation sites (tertiary alicyclic amines) is 1. The minimum atomic E-state index is 0. The number of rotatable bonds is 1. The highest BCUT2D eigenvalue weighted by Gasteiger charge is 2.15. The highest BCUT2D eigenvalue weighted by Crippen LogP contribution is 2.08. The Morgan fingerprint density at radius 3 is 2.56 bits per heavy atom. The lowest BCUT2D eigenvalue weighted by Crippen LogP contribution is -2.16. The molecular formula is C6H11N2O. The number of carbonyl (C=O) groups is 1. The molecule has 1 heterocycles. The van der Waals surface area contributed by atoms with Gasteiger partial charge >= 0.3 is 0 Å². The molecule has 0 spiro atoms. The van der Waals surface area contributed by atoms with Gasteiger partial charge in [-0.3, -0.25) is 10.9 Å². The van der Waals surface area contributed by atoms with Crippen molar-refractivity contribution in [3.63, 3.8) is 0 Å². The van der Waals surface area contributed by atoms with E-state index in [1.165, 1.54) is 0 Å². The Bertz CT molecular complexity index is 122. The van der Waals surface area contributed by atoms with Crippen LogP contribution in [0.2, 0.25) is 0 Å². The zero-order chi connectivity index (χ0) is 5.98. The zero-order valence-electron chi connectivity index (χ0n) is 5.34. The van der Waals surface area contributed by atoms with Crippen molar-refractivity contribution in [2.75, 3.05) is 6.54 Å². The minimum absolute atomic E-state index is 0. The van der Waals surface area contributed by atoms with E-state index in [4.69, 9.17) is 0 Å². The van der Waals surface area contributed by atoms with E-state index in [-0.39, 0.29) is 12.1 Å². The molecule has 0 bridgehead atoms. The van der Waals surface area contributed by atoms with Gasteiger partial charge in [-0.2, -0.15) is 0 Å². The average Bonchev–Trinajstić information content (AvgIpc) is 2.14. The van der Waals surface area contributed by atoms with Crippen LogP contribution in [0.1, 0.15) is 12.8 Å². The molecule has 0 aromatic carbocycles. The number of nitrogens with zero attached hydrogens (tertiary/aromatic N) is 1. The summed E-state index contributed by atoms with van der Waals surface area (Å²) in [5.74, 6) is 0.208. The standard InChI is InChI=1S/C6H9NO.H2N/c1-2-7-5-3-4-6(7)8;/h2H,1,3-5H2;1H2. The Morgan fingerprint density at radius 1 is 1.67 bits per heavy atom. The molecule has 0 atom stereocenters. The van der Waals surface area contributed by atoms with E-state index in [2.05, 4.69) is 6.58 Å². The molecule has 1 aliphatic heterocycles. The molecule has 3 nitrogen and oxygen atoms in total. The van der Waals surface area contributed by atoms with Crippen LogP contribution >= 0.6 is 0 Å². The van der Waals surface area contributed by atoms with Crippen LogP contribution in [0.5, 0.6) is 0 Å². The van der Waals surface area contributed by atoms with Gasteiger partial charge in [0.25, 0.3) is 0 Å². The van der Waals surface area contributed by atoms with Crippen molar-refractivity contribution in [1.29, 1.82) is 0 Å². The molecule has 1 radical (unpaired) electrons. The molecule has 3 heteroatoms. The van der Waals surface area contributed by atoms with Crippen LogP contribution in [0.15, 0.2) is 12.8 Å². The van der Waals surface area contributed by atoms with Gasteiger partial charge in [0, 0.05) is 13.0 Å². The Morgan fingerprint density at radius 2 is 2.33 bits per heavy atom. The maximum absolute atomic E-state index is 10.7. The fraction of sp³-hybridized carbons (Fsp3) is 0.500. The summed E-state index contributed by atoms with van der Waals surface area (Å²) in [7, 11) is 0. The van der Waals surface area contributed by atoms with E-state index in [9.17, 15) is 4.79 Å². The maximum atomic E-state index is 10.7. The smallest absolute Gasteiger partial charge is 0.226 e. The quantitative estimate of drug-likeness (QED) is 0.511. The summed E-state index contributed by atoms with van der Waals surface area (Å²) >= 11 is 0. The third-order valence-electron chi connectivity index (χ3n) is 1.33. The summed E-state index contributed by atoms with van der Waals surface area (Å²) in [6.07, 6.45) is 3.28. The van der Waals surface area contributed by atoms with Gasteiger partial charge in [0.1, 0.15) is 0 Å². The summed E-state index contributed by atoms with van der Waals surface area (Å²) < 4.78 is 0. The number of amides is 1. The molecule has 1 rings (SSSR count). The highest BCUT2D eigenvalue weighted by molar-refractivity contribution is 5.78. The lowest BCUT2D eigenvalue weighted by Gasteiger charge is -2.05. The lowest BCUT2D eigenvalue weighted by atomic mass is 10.4. The van der Waals surface area contributed by atoms with E-state index in [0.29, 0.717) is 6.42 Å². The fourth-order valence-corrected chi connectivity index (χ4v) is 0.862. The average molecular weight is 127 g/mol. The number of carbonyl (C=O) groups excluding carboxylic acids is 1. The number of hydrogen-bond donors (Lipinski definition) is 0. The maximum Gasteiger partial charge on any atom is 0.226 e. The minimum Gasteiger partial charge on any atom is -0.320 e. The Balaban J connectivity index is 0.000000640. The summed E-state index contributed by atoms with van der Waals surface area (Å²) in [6.45, 7) is 4.36. The van der Waals surface area contributed by atoms with Crippen molar-refractivity contribution in [2.24, 2.45) is 0 Å². The Hall–Kier alpha value is -0.830. The topological polar surface area (TPSA) is 53.8 Å². The molecule has 0 aromatic heterocycles. The molecule has 0 unspecified atom stereocenters. The van der Waals surface area contributed by atoms with Gasteiger partial charge in [-0.1, -0.05) is 6.58 Å². The van der Waals surface area contributed by atoms with Crippen LogP contribution < -0.4 is 6.15 Å². The fourth-order valence-electron chi connectivity index (χ4n) is 0.862. The van der Waals surface area contributed by atoms with Crippen molar-refractivity contribution in [3.8, 4) is 0 Å². The molecule has 0 saturated carbocycles. The van der Waals surface area contributed by atoms with Gasteiger partial charge in [0.05, 0.1) is 0 Å². The zero-order valence-corrected chi connectivity index (χ0v) is 5.34. The first-order chi connectivity index (χ1) is 3.84. The van der Waals surface area contributed by atoms with E-state index in [1.54, 1.807) is 11.1 Å². The first kappa shape index (κ1) is 8.17. The predicted molar refractivity (Wildman–Crippen MR) is 35.2 cm³/mol. The number of hydrogen-bond acceptors (Lipinski definition) is 1. The molecule has 1 aliphatic rings. The second kappa shape index (κ2) is 3.25. The molecule has 9 heavy (non-hydrogen) atoms. The normalized spacial score (nSPS) is 17.3. The van der Waals surface area contributed by atoms with E-state index >= 15 is 0 Å². The summed E-state index contributed by atoms with van der Waals surface area (Å²) in [5, 5.41) is 0. The Labute approximate surface area is 54.9 Å². The van der Waals surface area contributed by atoms with Crippen LogP contribution in [-0.4, -0.2) is 17.4 Å².